The predicted molar refractivity (Wildman–Crippen MR) is 73.6 cm³/mol. The molecule has 1 N–H and O–H groups in total. The van der Waals surface area contributed by atoms with Gasteiger partial charge in [0.2, 0.25) is 5.91 Å². The molecular weight excluding hydrogens is 242 g/mol. The molecule has 2 aromatic rings. The zero-order valence-corrected chi connectivity index (χ0v) is 10.9. The highest BCUT2D eigenvalue weighted by molar-refractivity contribution is 5.85. The van der Waals surface area contributed by atoms with E-state index < -0.39 is 0 Å². The summed E-state index contributed by atoms with van der Waals surface area (Å²) in [6.07, 6.45) is 0.303. The molecule has 0 spiro atoms. The molecule has 0 bridgehead atoms. The van der Waals surface area contributed by atoms with Gasteiger partial charge in [-0.3, -0.25) is 9.63 Å². The summed E-state index contributed by atoms with van der Waals surface area (Å²) in [6.45, 7) is 0.802. The van der Waals surface area contributed by atoms with Gasteiger partial charge in [-0.2, -0.15) is 0 Å². The van der Waals surface area contributed by atoms with Gasteiger partial charge >= 0.3 is 0 Å². The van der Waals surface area contributed by atoms with Gasteiger partial charge in [-0.25, -0.2) is 5.48 Å². The molecule has 0 atom stereocenters. The molecule has 0 heterocycles. The summed E-state index contributed by atoms with van der Waals surface area (Å²) >= 11 is 0. The maximum absolute atomic E-state index is 11.6. The van der Waals surface area contributed by atoms with Gasteiger partial charge in [0.1, 0.15) is 0 Å². The van der Waals surface area contributed by atoms with Crippen LogP contribution in [0.4, 0.5) is 0 Å². The van der Waals surface area contributed by atoms with E-state index in [2.05, 4.69) is 5.48 Å². The van der Waals surface area contributed by atoms with E-state index in [-0.39, 0.29) is 5.91 Å². The Morgan fingerprint density at radius 2 is 1.89 bits per heavy atom. The maximum atomic E-state index is 11.6. The molecule has 0 aliphatic heterocycles. The second-order valence-electron chi connectivity index (χ2n) is 4.22. The Hall–Kier alpha value is -1.91. The number of hydrogen-bond acceptors (Lipinski definition) is 3. The lowest BCUT2D eigenvalue weighted by atomic mass is 10.1. The molecule has 0 aromatic heterocycles. The van der Waals surface area contributed by atoms with Crippen LogP contribution in [0, 0.1) is 0 Å². The van der Waals surface area contributed by atoms with Gasteiger partial charge < -0.3 is 4.74 Å². The molecule has 2 aromatic carbocycles. The number of carbonyl (C=O) groups is 1. The van der Waals surface area contributed by atoms with Gasteiger partial charge in [-0.05, 0) is 16.3 Å². The van der Waals surface area contributed by atoms with Crippen molar-refractivity contribution in [1.29, 1.82) is 0 Å². The lowest BCUT2D eigenvalue weighted by molar-refractivity contribution is -0.133. The highest BCUT2D eigenvalue weighted by Gasteiger charge is 2.04. The zero-order chi connectivity index (χ0) is 13.5. The summed E-state index contributed by atoms with van der Waals surface area (Å²) in [7, 11) is 1.58. The third-order valence-electron chi connectivity index (χ3n) is 2.75. The lowest BCUT2D eigenvalue weighted by Crippen LogP contribution is -2.26. The normalized spacial score (nSPS) is 10.6. The van der Waals surface area contributed by atoms with E-state index in [0.29, 0.717) is 19.6 Å². The second kappa shape index (κ2) is 6.87. The van der Waals surface area contributed by atoms with Crippen LogP contribution in [-0.2, 0) is 20.8 Å². The minimum absolute atomic E-state index is 0.161. The molecule has 100 valence electrons. The van der Waals surface area contributed by atoms with Crippen molar-refractivity contribution in [3.8, 4) is 0 Å². The van der Waals surface area contributed by atoms with Crippen LogP contribution in [0.3, 0.4) is 0 Å². The first-order valence-electron chi connectivity index (χ1n) is 6.17. The van der Waals surface area contributed by atoms with Crippen molar-refractivity contribution in [3.63, 3.8) is 0 Å². The average Bonchev–Trinajstić information content (AvgIpc) is 2.43. The van der Waals surface area contributed by atoms with E-state index >= 15 is 0 Å². The molecular formula is C15H17NO3. The molecule has 1 amide bonds. The monoisotopic (exact) mass is 259 g/mol. The number of carbonyl (C=O) groups excluding carboxylic acids is 1. The minimum atomic E-state index is -0.161. The van der Waals surface area contributed by atoms with Crippen LogP contribution in [-0.4, -0.2) is 26.2 Å². The molecule has 0 unspecified atom stereocenters. The topological polar surface area (TPSA) is 47.6 Å². The van der Waals surface area contributed by atoms with Crippen molar-refractivity contribution in [3.05, 3.63) is 48.0 Å². The largest absolute Gasteiger partial charge is 0.382 e. The van der Waals surface area contributed by atoms with Gasteiger partial charge in [0, 0.05) is 7.11 Å². The zero-order valence-electron chi connectivity index (χ0n) is 10.9. The number of hydrogen-bond donors (Lipinski definition) is 1. The summed E-state index contributed by atoms with van der Waals surface area (Å²) < 4.78 is 4.81. The SMILES string of the molecule is COCCONC(=O)Cc1ccc2ccccc2c1. The first-order chi connectivity index (χ1) is 9.29. The van der Waals surface area contributed by atoms with Crippen LogP contribution < -0.4 is 5.48 Å². The molecule has 0 saturated heterocycles. The molecule has 4 nitrogen and oxygen atoms in total. The fourth-order valence-electron chi connectivity index (χ4n) is 1.83. The van der Waals surface area contributed by atoms with Crippen LogP contribution in [0.25, 0.3) is 10.8 Å². The Balaban J connectivity index is 1.91. The average molecular weight is 259 g/mol. The van der Waals surface area contributed by atoms with Crippen molar-refractivity contribution in [2.24, 2.45) is 0 Å². The fourth-order valence-corrected chi connectivity index (χ4v) is 1.83. The number of nitrogens with one attached hydrogen (secondary N) is 1. The minimum Gasteiger partial charge on any atom is -0.382 e. The highest BCUT2D eigenvalue weighted by Crippen LogP contribution is 2.15. The van der Waals surface area contributed by atoms with Gasteiger partial charge in [0.25, 0.3) is 0 Å². The molecule has 0 fully saturated rings. The summed E-state index contributed by atoms with van der Waals surface area (Å²) in [4.78, 5) is 16.6. The fraction of sp³-hybridized carbons (Fsp3) is 0.267. The number of amides is 1. The Labute approximate surface area is 112 Å². The Morgan fingerprint density at radius 1 is 1.11 bits per heavy atom. The van der Waals surface area contributed by atoms with E-state index in [1.165, 1.54) is 5.39 Å². The highest BCUT2D eigenvalue weighted by atomic mass is 16.7. The van der Waals surface area contributed by atoms with Crippen LogP contribution >= 0.6 is 0 Å². The second-order valence-corrected chi connectivity index (χ2v) is 4.22. The van der Waals surface area contributed by atoms with Crippen molar-refractivity contribution in [2.75, 3.05) is 20.3 Å². The lowest BCUT2D eigenvalue weighted by Gasteiger charge is -2.06. The van der Waals surface area contributed by atoms with E-state index in [4.69, 9.17) is 9.57 Å². The third-order valence-corrected chi connectivity index (χ3v) is 2.75. The van der Waals surface area contributed by atoms with Crippen molar-refractivity contribution in [1.82, 2.24) is 5.48 Å². The van der Waals surface area contributed by atoms with Gasteiger partial charge in [-0.1, -0.05) is 42.5 Å². The first-order valence-corrected chi connectivity index (χ1v) is 6.17. The molecule has 0 saturated carbocycles. The number of fused-ring (bicyclic) bond motifs is 1. The standard InChI is InChI=1S/C15H17NO3/c1-18-8-9-19-16-15(17)11-12-6-7-13-4-2-3-5-14(13)10-12/h2-7,10H,8-9,11H2,1H3,(H,16,17). The van der Waals surface area contributed by atoms with Crippen molar-refractivity contribution < 1.29 is 14.4 Å². The maximum Gasteiger partial charge on any atom is 0.247 e. The Kier molecular flexibility index (Phi) is 4.89. The molecule has 4 heteroatoms. The number of benzene rings is 2. The van der Waals surface area contributed by atoms with E-state index in [0.717, 1.165) is 10.9 Å². The summed E-state index contributed by atoms with van der Waals surface area (Å²) in [6, 6.07) is 14.1. The summed E-state index contributed by atoms with van der Waals surface area (Å²) in [5.41, 5.74) is 3.36. The number of hydroxylamine groups is 1. The van der Waals surface area contributed by atoms with Crippen LogP contribution in [0.5, 0.6) is 0 Å². The molecule has 0 aliphatic carbocycles. The van der Waals surface area contributed by atoms with E-state index in [9.17, 15) is 4.79 Å². The third kappa shape index (κ3) is 4.05. The first kappa shape index (κ1) is 13.5. The smallest absolute Gasteiger partial charge is 0.247 e. The Bertz CT molecular complexity index is 554. The molecule has 19 heavy (non-hydrogen) atoms. The van der Waals surface area contributed by atoms with Gasteiger partial charge in [0.05, 0.1) is 19.6 Å². The summed E-state index contributed by atoms with van der Waals surface area (Å²) in [5.74, 6) is -0.161. The molecule has 2 rings (SSSR count). The Morgan fingerprint density at radius 3 is 2.68 bits per heavy atom. The molecule has 0 aliphatic rings. The van der Waals surface area contributed by atoms with E-state index in [1.807, 2.05) is 42.5 Å². The molecule has 0 radical (unpaired) electrons. The number of rotatable bonds is 6. The van der Waals surface area contributed by atoms with Gasteiger partial charge in [-0.15, -0.1) is 0 Å². The van der Waals surface area contributed by atoms with Crippen molar-refractivity contribution >= 4 is 16.7 Å². The number of ether oxygens (including phenoxy) is 1. The van der Waals surface area contributed by atoms with Crippen LogP contribution in [0.1, 0.15) is 5.56 Å². The van der Waals surface area contributed by atoms with Gasteiger partial charge in [0.15, 0.2) is 0 Å². The van der Waals surface area contributed by atoms with Crippen LogP contribution in [0.15, 0.2) is 42.5 Å². The number of methoxy groups -OCH3 is 1. The van der Waals surface area contributed by atoms with Crippen molar-refractivity contribution in [2.45, 2.75) is 6.42 Å². The van der Waals surface area contributed by atoms with E-state index in [1.54, 1.807) is 7.11 Å². The quantitative estimate of drug-likeness (QED) is 0.638. The predicted octanol–water partition coefficient (Wildman–Crippen LogP) is 2.08. The summed E-state index contributed by atoms with van der Waals surface area (Å²) in [5, 5.41) is 2.30. The van der Waals surface area contributed by atoms with Crippen LogP contribution in [0.2, 0.25) is 0 Å².